The van der Waals surface area contributed by atoms with E-state index in [1.165, 1.54) is 5.56 Å². The molecule has 228 valence electrons. The number of carboxylic acids is 1. The van der Waals surface area contributed by atoms with Crippen LogP contribution in [-0.4, -0.2) is 59.5 Å². The Morgan fingerprint density at radius 3 is 2.05 bits per heavy atom. The van der Waals surface area contributed by atoms with Crippen molar-refractivity contribution in [2.75, 3.05) is 20.2 Å². The summed E-state index contributed by atoms with van der Waals surface area (Å²) in [5.74, 6) is -1.34. The predicted molar refractivity (Wildman–Crippen MR) is 154 cm³/mol. The standard InChI is InChI=1S/C30H32N2O4.C2HF3O2/c1-35-28-15-11-25(12-16-28)20-32(22-29-8-5-17-36-29)21-27(33)19-31-30(34)26-13-9-24(10-14-26)18-23-6-3-2-4-7-23;3-2(4,5)1(6)7/h2-17,27,33H,18-22H2,1H3,(H,31,34);(H,6,7). The first kappa shape index (κ1) is 32.9. The van der Waals surface area contributed by atoms with Crippen molar-refractivity contribution in [2.45, 2.75) is 31.8 Å². The monoisotopic (exact) mass is 598 g/mol. The average molecular weight is 599 g/mol. The summed E-state index contributed by atoms with van der Waals surface area (Å²) in [6, 6.07) is 29.4. The van der Waals surface area contributed by atoms with Crippen LogP contribution < -0.4 is 10.1 Å². The second kappa shape index (κ2) is 16.1. The summed E-state index contributed by atoms with van der Waals surface area (Å²) in [7, 11) is 1.64. The minimum Gasteiger partial charge on any atom is -0.497 e. The van der Waals surface area contributed by atoms with Gasteiger partial charge in [0.15, 0.2) is 0 Å². The van der Waals surface area contributed by atoms with E-state index in [2.05, 4.69) is 22.3 Å². The van der Waals surface area contributed by atoms with Crippen molar-refractivity contribution in [3.63, 3.8) is 0 Å². The molecule has 11 heteroatoms. The van der Waals surface area contributed by atoms with Crippen LogP contribution in [0, 0.1) is 0 Å². The maximum Gasteiger partial charge on any atom is 0.490 e. The third kappa shape index (κ3) is 11.7. The summed E-state index contributed by atoms with van der Waals surface area (Å²) < 4.78 is 42.5. The van der Waals surface area contributed by atoms with Gasteiger partial charge in [-0.05, 0) is 59.5 Å². The highest BCUT2D eigenvalue weighted by Crippen LogP contribution is 2.16. The number of hydrogen-bond donors (Lipinski definition) is 3. The molecule has 0 saturated heterocycles. The van der Waals surface area contributed by atoms with E-state index >= 15 is 0 Å². The highest BCUT2D eigenvalue weighted by molar-refractivity contribution is 5.94. The smallest absolute Gasteiger partial charge is 0.490 e. The lowest BCUT2D eigenvalue weighted by Crippen LogP contribution is -2.39. The lowest BCUT2D eigenvalue weighted by molar-refractivity contribution is -0.192. The fraction of sp³-hybridized carbons (Fsp3) is 0.250. The Labute approximate surface area is 247 Å². The van der Waals surface area contributed by atoms with Gasteiger partial charge in [-0.25, -0.2) is 4.79 Å². The topological polar surface area (TPSA) is 112 Å². The number of furan rings is 1. The molecule has 0 fully saturated rings. The molecule has 1 unspecified atom stereocenters. The maximum atomic E-state index is 12.6. The molecule has 1 atom stereocenters. The van der Waals surface area contributed by atoms with Gasteiger partial charge in [0.2, 0.25) is 0 Å². The number of ether oxygens (including phenoxy) is 1. The van der Waals surface area contributed by atoms with Crippen molar-refractivity contribution in [1.82, 2.24) is 10.2 Å². The molecule has 3 aromatic carbocycles. The normalized spacial score (nSPS) is 11.8. The van der Waals surface area contributed by atoms with Crippen molar-refractivity contribution in [3.05, 3.63) is 125 Å². The van der Waals surface area contributed by atoms with E-state index in [0.29, 0.717) is 25.2 Å². The third-order valence-corrected chi connectivity index (χ3v) is 6.20. The zero-order chi connectivity index (χ0) is 31.2. The Balaban J connectivity index is 0.000000646. The summed E-state index contributed by atoms with van der Waals surface area (Å²) in [5, 5.41) is 20.7. The van der Waals surface area contributed by atoms with Gasteiger partial charge in [-0.15, -0.1) is 0 Å². The van der Waals surface area contributed by atoms with Crippen LogP contribution in [0.3, 0.4) is 0 Å². The number of methoxy groups -OCH3 is 1. The van der Waals surface area contributed by atoms with Gasteiger partial charge >= 0.3 is 12.1 Å². The van der Waals surface area contributed by atoms with E-state index in [-0.39, 0.29) is 12.5 Å². The van der Waals surface area contributed by atoms with Gasteiger partial charge in [-0.2, -0.15) is 13.2 Å². The molecule has 1 aromatic heterocycles. The van der Waals surface area contributed by atoms with E-state index in [9.17, 15) is 23.1 Å². The van der Waals surface area contributed by atoms with Gasteiger partial charge < -0.3 is 24.7 Å². The van der Waals surface area contributed by atoms with Crippen molar-refractivity contribution < 1.29 is 42.1 Å². The zero-order valence-electron chi connectivity index (χ0n) is 23.5. The van der Waals surface area contributed by atoms with Crippen molar-refractivity contribution in [3.8, 4) is 5.75 Å². The second-order valence-corrected chi connectivity index (χ2v) is 9.62. The minimum atomic E-state index is -5.08. The first-order chi connectivity index (χ1) is 20.5. The molecule has 1 amide bonds. The molecule has 0 bridgehead atoms. The van der Waals surface area contributed by atoms with E-state index in [0.717, 1.165) is 29.1 Å². The predicted octanol–water partition coefficient (Wildman–Crippen LogP) is 5.31. The molecule has 0 radical (unpaired) electrons. The number of nitrogens with zero attached hydrogens (tertiary/aromatic N) is 1. The highest BCUT2D eigenvalue weighted by Gasteiger charge is 2.38. The number of benzene rings is 3. The number of amides is 1. The number of aliphatic carboxylic acids is 1. The number of aliphatic hydroxyl groups excluding tert-OH is 1. The summed E-state index contributed by atoms with van der Waals surface area (Å²) in [4.78, 5) is 23.6. The molecular formula is C32H33F3N2O6. The molecule has 0 aliphatic heterocycles. The van der Waals surface area contributed by atoms with Crippen LogP contribution >= 0.6 is 0 Å². The largest absolute Gasteiger partial charge is 0.497 e. The van der Waals surface area contributed by atoms with Gasteiger partial charge in [-0.1, -0.05) is 54.6 Å². The molecule has 0 aliphatic rings. The van der Waals surface area contributed by atoms with Crippen LogP contribution in [0.15, 0.2) is 102 Å². The molecule has 1 heterocycles. The van der Waals surface area contributed by atoms with Crippen molar-refractivity contribution in [1.29, 1.82) is 0 Å². The zero-order valence-corrected chi connectivity index (χ0v) is 23.5. The summed E-state index contributed by atoms with van der Waals surface area (Å²) in [6.45, 7) is 1.70. The van der Waals surface area contributed by atoms with Crippen LogP contribution in [-0.2, 0) is 24.3 Å². The average Bonchev–Trinajstić information content (AvgIpc) is 3.50. The number of alkyl halides is 3. The number of carbonyl (C=O) groups is 2. The Bertz CT molecular complexity index is 1390. The first-order valence-electron chi connectivity index (χ1n) is 13.3. The molecule has 0 saturated carbocycles. The molecule has 0 spiro atoms. The number of carbonyl (C=O) groups excluding carboxylic acids is 1. The number of aliphatic hydroxyl groups is 1. The fourth-order valence-corrected chi connectivity index (χ4v) is 4.08. The molecule has 4 aromatic rings. The fourth-order valence-electron chi connectivity index (χ4n) is 4.08. The summed E-state index contributed by atoms with van der Waals surface area (Å²) in [6.07, 6.45) is -3.36. The van der Waals surface area contributed by atoms with E-state index in [4.69, 9.17) is 19.1 Å². The van der Waals surface area contributed by atoms with Crippen LogP contribution in [0.5, 0.6) is 5.75 Å². The van der Waals surface area contributed by atoms with E-state index in [1.54, 1.807) is 13.4 Å². The van der Waals surface area contributed by atoms with Gasteiger partial charge in [0, 0.05) is 25.2 Å². The van der Waals surface area contributed by atoms with Crippen LogP contribution in [0.25, 0.3) is 0 Å². The number of nitrogens with one attached hydrogen (secondary N) is 1. The summed E-state index contributed by atoms with van der Waals surface area (Å²) >= 11 is 0. The highest BCUT2D eigenvalue weighted by atomic mass is 19.4. The molecule has 8 nitrogen and oxygen atoms in total. The number of hydrogen-bond acceptors (Lipinski definition) is 6. The Kier molecular flexibility index (Phi) is 12.3. The van der Waals surface area contributed by atoms with Crippen molar-refractivity contribution >= 4 is 11.9 Å². The molecule has 4 rings (SSSR count). The summed E-state index contributed by atoms with van der Waals surface area (Å²) in [5.41, 5.74) is 4.04. The molecule has 43 heavy (non-hydrogen) atoms. The third-order valence-electron chi connectivity index (χ3n) is 6.20. The van der Waals surface area contributed by atoms with Crippen LogP contribution in [0.4, 0.5) is 13.2 Å². The number of halogens is 3. The Hall–Kier alpha value is -4.61. The quantitative estimate of drug-likeness (QED) is 0.203. The Morgan fingerprint density at radius 1 is 0.884 bits per heavy atom. The molecular weight excluding hydrogens is 565 g/mol. The first-order valence-corrected chi connectivity index (χ1v) is 13.3. The van der Waals surface area contributed by atoms with E-state index in [1.807, 2.05) is 78.9 Å². The second-order valence-electron chi connectivity index (χ2n) is 9.62. The molecule has 3 N–H and O–H groups in total. The molecule has 0 aliphatic carbocycles. The number of rotatable bonds is 12. The maximum absolute atomic E-state index is 12.6. The lowest BCUT2D eigenvalue weighted by atomic mass is 10.0. The van der Waals surface area contributed by atoms with Gasteiger partial charge in [0.25, 0.3) is 5.91 Å². The van der Waals surface area contributed by atoms with Crippen LogP contribution in [0.2, 0.25) is 0 Å². The minimum absolute atomic E-state index is 0.155. The van der Waals surface area contributed by atoms with Crippen LogP contribution in [0.1, 0.15) is 32.8 Å². The van der Waals surface area contributed by atoms with Gasteiger partial charge in [0.1, 0.15) is 11.5 Å². The van der Waals surface area contributed by atoms with E-state index < -0.39 is 18.2 Å². The lowest BCUT2D eigenvalue weighted by Gasteiger charge is -2.24. The SMILES string of the molecule is COc1ccc(CN(Cc2ccco2)CC(O)CNC(=O)c2ccc(Cc3ccccc3)cc2)cc1.O=C(O)C(F)(F)F. The Morgan fingerprint density at radius 2 is 1.49 bits per heavy atom. The van der Waals surface area contributed by atoms with Gasteiger partial charge in [-0.3, -0.25) is 9.69 Å². The van der Waals surface area contributed by atoms with Crippen molar-refractivity contribution in [2.24, 2.45) is 0 Å². The number of carboxylic acid groups (broad SMARTS) is 1. The van der Waals surface area contributed by atoms with Gasteiger partial charge in [0.05, 0.1) is 26.0 Å².